The number of benzene rings is 1. The van der Waals surface area contributed by atoms with E-state index >= 15 is 0 Å². The number of anilines is 2. The summed E-state index contributed by atoms with van der Waals surface area (Å²) in [7, 11) is 0. The molecule has 0 fully saturated rings. The van der Waals surface area contributed by atoms with Crippen LogP contribution in [0.4, 0.5) is 11.5 Å². The van der Waals surface area contributed by atoms with Crippen molar-refractivity contribution in [2.45, 2.75) is 0 Å². The fraction of sp³-hybridized carbons (Fsp3) is 0. The molecule has 2 aromatic heterocycles. The second kappa shape index (κ2) is 4.97. The number of pyridine rings is 2. The molecule has 5 nitrogen and oxygen atoms in total. The number of carbonyl (C=O) groups is 1. The summed E-state index contributed by atoms with van der Waals surface area (Å²) in [5.41, 5.74) is 6.53. The molecule has 0 saturated heterocycles. The summed E-state index contributed by atoms with van der Waals surface area (Å²) < 4.78 is 0. The molecule has 0 unspecified atom stereocenters. The Hall–Kier alpha value is -2.95. The van der Waals surface area contributed by atoms with Gasteiger partial charge in [-0.05, 0) is 23.6 Å². The smallest absolute Gasteiger partial charge is 0.276 e. The summed E-state index contributed by atoms with van der Waals surface area (Å²) in [6.45, 7) is 0. The van der Waals surface area contributed by atoms with Crippen LogP contribution in [0.5, 0.6) is 0 Å². The van der Waals surface area contributed by atoms with Crippen LogP contribution in [0.15, 0.2) is 54.9 Å². The predicted octanol–water partition coefficient (Wildman–Crippen LogP) is 2.46. The Kier molecular flexibility index (Phi) is 3.01. The first-order chi connectivity index (χ1) is 9.75. The first-order valence-corrected chi connectivity index (χ1v) is 6.11. The van der Waals surface area contributed by atoms with Gasteiger partial charge in [0.25, 0.3) is 5.91 Å². The lowest BCUT2D eigenvalue weighted by Crippen LogP contribution is -2.16. The second-order valence-electron chi connectivity index (χ2n) is 4.28. The molecule has 5 heteroatoms. The van der Waals surface area contributed by atoms with Crippen LogP contribution >= 0.6 is 0 Å². The van der Waals surface area contributed by atoms with Crippen molar-refractivity contribution in [3.8, 4) is 0 Å². The highest BCUT2D eigenvalue weighted by molar-refractivity contribution is 6.11. The first kappa shape index (κ1) is 12.1. The third kappa shape index (κ3) is 2.16. The van der Waals surface area contributed by atoms with Gasteiger partial charge < -0.3 is 11.1 Å². The minimum Gasteiger partial charge on any atom is -0.396 e. The van der Waals surface area contributed by atoms with Gasteiger partial charge in [-0.2, -0.15) is 0 Å². The fourth-order valence-corrected chi connectivity index (χ4v) is 1.99. The highest BCUT2D eigenvalue weighted by Gasteiger charge is 2.13. The molecule has 3 aromatic rings. The molecular weight excluding hydrogens is 252 g/mol. The Labute approximate surface area is 115 Å². The highest BCUT2D eigenvalue weighted by atomic mass is 16.1. The van der Waals surface area contributed by atoms with Crippen LogP contribution in [-0.4, -0.2) is 15.9 Å². The highest BCUT2D eigenvalue weighted by Crippen LogP contribution is 2.19. The van der Waals surface area contributed by atoms with E-state index in [9.17, 15) is 4.79 Å². The summed E-state index contributed by atoms with van der Waals surface area (Å²) in [6, 6.07) is 12.8. The quantitative estimate of drug-likeness (QED) is 0.745. The number of rotatable bonds is 2. The Balaban J connectivity index is 1.99. The normalized spacial score (nSPS) is 10.4. The second-order valence-corrected chi connectivity index (χ2v) is 4.28. The van der Waals surface area contributed by atoms with E-state index in [4.69, 9.17) is 5.73 Å². The number of carbonyl (C=O) groups excluding carboxylic acids is 1. The minimum absolute atomic E-state index is 0.327. The summed E-state index contributed by atoms with van der Waals surface area (Å²) in [4.78, 5) is 20.5. The van der Waals surface area contributed by atoms with E-state index in [1.807, 2.05) is 30.3 Å². The summed E-state index contributed by atoms with van der Waals surface area (Å²) in [6.07, 6.45) is 3.18. The monoisotopic (exact) mass is 264 g/mol. The molecule has 0 radical (unpaired) electrons. The van der Waals surface area contributed by atoms with Crippen LogP contribution in [0.1, 0.15) is 10.5 Å². The molecule has 0 atom stereocenters. The van der Waals surface area contributed by atoms with Crippen LogP contribution in [0.2, 0.25) is 0 Å². The lowest BCUT2D eigenvalue weighted by molar-refractivity contribution is 0.102. The van der Waals surface area contributed by atoms with Gasteiger partial charge >= 0.3 is 0 Å². The van der Waals surface area contributed by atoms with Gasteiger partial charge in [0, 0.05) is 17.8 Å². The number of nitrogen functional groups attached to an aromatic ring is 1. The Morgan fingerprint density at radius 2 is 1.85 bits per heavy atom. The molecule has 2 heterocycles. The number of amides is 1. The van der Waals surface area contributed by atoms with Gasteiger partial charge in [0.15, 0.2) is 5.82 Å². The van der Waals surface area contributed by atoms with Crippen molar-refractivity contribution in [3.63, 3.8) is 0 Å². The number of hydrogen-bond acceptors (Lipinski definition) is 4. The van der Waals surface area contributed by atoms with E-state index in [1.54, 1.807) is 24.5 Å². The third-order valence-electron chi connectivity index (χ3n) is 2.96. The SMILES string of the molecule is Nc1cccnc1NC(=O)c1nccc2ccccc12. The van der Waals surface area contributed by atoms with Crippen molar-refractivity contribution < 1.29 is 4.79 Å². The Morgan fingerprint density at radius 1 is 1.00 bits per heavy atom. The Bertz CT molecular complexity index is 780. The number of hydrogen-bond donors (Lipinski definition) is 2. The molecule has 1 amide bonds. The maximum absolute atomic E-state index is 12.3. The molecule has 98 valence electrons. The Morgan fingerprint density at radius 3 is 2.70 bits per heavy atom. The van der Waals surface area contributed by atoms with Crippen molar-refractivity contribution in [3.05, 3.63) is 60.6 Å². The minimum atomic E-state index is -0.327. The van der Waals surface area contributed by atoms with Gasteiger partial charge in [-0.25, -0.2) is 4.98 Å². The molecule has 0 spiro atoms. The van der Waals surface area contributed by atoms with E-state index < -0.39 is 0 Å². The fourth-order valence-electron chi connectivity index (χ4n) is 1.99. The van der Waals surface area contributed by atoms with Crippen LogP contribution in [-0.2, 0) is 0 Å². The van der Waals surface area contributed by atoms with Crippen LogP contribution in [0.25, 0.3) is 10.8 Å². The molecule has 1 aromatic carbocycles. The van der Waals surface area contributed by atoms with Crippen LogP contribution < -0.4 is 11.1 Å². The van der Waals surface area contributed by atoms with Crippen molar-refractivity contribution in [2.75, 3.05) is 11.1 Å². The molecule has 0 aliphatic heterocycles. The molecule has 0 saturated carbocycles. The van der Waals surface area contributed by atoms with E-state index in [-0.39, 0.29) is 5.91 Å². The number of fused-ring (bicyclic) bond motifs is 1. The number of aromatic nitrogens is 2. The average molecular weight is 264 g/mol. The third-order valence-corrected chi connectivity index (χ3v) is 2.96. The van der Waals surface area contributed by atoms with Gasteiger partial charge in [-0.1, -0.05) is 24.3 Å². The van der Waals surface area contributed by atoms with Gasteiger partial charge in [0.1, 0.15) is 5.69 Å². The molecule has 20 heavy (non-hydrogen) atoms. The van der Waals surface area contributed by atoms with Crippen LogP contribution in [0.3, 0.4) is 0 Å². The zero-order valence-corrected chi connectivity index (χ0v) is 10.6. The van der Waals surface area contributed by atoms with E-state index in [2.05, 4.69) is 15.3 Å². The van der Waals surface area contributed by atoms with Gasteiger partial charge in [-0.15, -0.1) is 0 Å². The maximum Gasteiger partial charge on any atom is 0.276 e. The van der Waals surface area contributed by atoms with Crippen molar-refractivity contribution in [2.24, 2.45) is 0 Å². The summed E-state index contributed by atoms with van der Waals surface area (Å²) >= 11 is 0. The molecule has 3 N–H and O–H groups in total. The molecule has 0 aliphatic carbocycles. The largest absolute Gasteiger partial charge is 0.396 e. The number of nitrogens with zero attached hydrogens (tertiary/aromatic N) is 2. The van der Waals surface area contributed by atoms with Gasteiger partial charge in [0.05, 0.1) is 5.69 Å². The zero-order chi connectivity index (χ0) is 13.9. The topological polar surface area (TPSA) is 80.9 Å². The zero-order valence-electron chi connectivity index (χ0n) is 10.6. The summed E-state index contributed by atoms with van der Waals surface area (Å²) in [5.74, 6) is 0.0134. The van der Waals surface area contributed by atoms with E-state index in [1.165, 1.54) is 0 Å². The van der Waals surface area contributed by atoms with Crippen LogP contribution in [0, 0.1) is 0 Å². The van der Waals surface area contributed by atoms with Crippen molar-refractivity contribution >= 4 is 28.2 Å². The van der Waals surface area contributed by atoms with Gasteiger partial charge in [-0.3, -0.25) is 9.78 Å². The maximum atomic E-state index is 12.3. The number of nitrogens with two attached hydrogens (primary N) is 1. The van der Waals surface area contributed by atoms with E-state index in [0.29, 0.717) is 17.2 Å². The standard InChI is InChI=1S/C15H12N4O/c16-12-6-3-8-18-14(12)19-15(20)13-11-5-2-1-4-10(11)7-9-17-13/h1-9H,16H2,(H,18,19,20). The molecule has 0 bridgehead atoms. The summed E-state index contributed by atoms with van der Waals surface area (Å²) in [5, 5.41) is 4.43. The van der Waals surface area contributed by atoms with Crippen molar-refractivity contribution in [1.82, 2.24) is 9.97 Å². The molecule has 0 aliphatic rings. The first-order valence-electron chi connectivity index (χ1n) is 6.11. The lowest BCUT2D eigenvalue weighted by atomic mass is 10.1. The lowest BCUT2D eigenvalue weighted by Gasteiger charge is -2.08. The van der Waals surface area contributed by atoms with Crippen molar-refractivity contribution in [1.29, 1.82) is 0 Å². The number of nitrogens with one attached hydrogen (secondary N) is 1. The van der Waals surface area contributed by atoms with E-state index in [0.717, 1.165) is 10.8 Å². The molecule has 3 rings (SSSR count). The molecular formula is C15H12N4O. The van der Waals surface area contributed by atoms with Gasteiger partial charge in [0.2, 0.25) is 0 Å². The average Bonchev–Trinajstić information content (AvgIpc) is 2.49. The predicted molar refractivity (Wildman–Crippen MR) is 78.3 cm³/mol.